The van der Waals surface area contributed by atoms with Crippen LogP contribution in [0.1, 0.15) is 0 Å². The number of carbonyl (C=O) groups excluding carboxylic acids is 1. The molecule has 2 N–H and O–H groups in total. The number of ether oxygens (including phenoxy) is 1. The normalized spacial score (nSPS) is 11.1. The summed E-state index contributed by atoms with van der Waals surface area (Å²) >= 11 is 1.10. The smallest absolute Gasteiger partial charge is 0.334 e. The number of nitrogens with one attached hydrogen (secondary N) is 2. The van der Waals surface area contributed by atoms with E-state index < -0.39 is 17.2 Å². The number of thioether (sulfide) groups is 1. The Kier molecular flexibility index (Phi) is 5.79. The van der Waals surface area contributed by atoms with Crippen LogP contribution in [0.5, 0.6) is 5.75 Å². The van der Waals surface area contributed by atoms with Crippen molar-refractivity contribution in [2.24, 2.45) is 7.05 Å². The fourth-order valence-corrected chi connectivity index (χ4v) is 4.32. The minimum Gasteiger partial charge on any atom is -0.497 e. The van der Waals surface area contributed by atoms with Gasteiger partial charge >= 0.3 is 5.69 Å². The number of aromatic amines is 1. The van der Waals surface area contributed by atoms with Crippen LogP contribution in [0, 0.1) is 0 Å². The van der Waals surface area contributed by atoms with Gasteiger partial charge in [-0.1, -0.05) is 30.0 Å². The zero-order valence-corrected chi connectivity index (χ0v) is 19.5. The van der Waals surface area contributed by atoms with Gasteiger partial charge in [0.25, 0.3) is 5.56 Å². The second-order valence-electron chi connectivity index (χ2n) is 7.54. The maximum Gasteiger partial charge on any atom is 0.334 e. The third kappa shape index (κ3) is 4.26. The molecule has 12 heteroatoms. The summed E-state index contributed by atoms with van der Waals surface area (Å²) in [5.41, 5.74) is 1.46. The summed E-state index contributed by atoms with van der Waals surface area (Å²) in [4.78, 5) is 43.9. The lowest BCUT2D eigenvalue weighted by Gasteiger charge is -2.13. The number of para-hydroxylation sites is 1. The van der Waals surface area contributed by atoms with E-state index >= 15 is 0 Å². The number of hydrogen-bond acceptors (Lipinski definition) is 8. The van der Waals surface area contributed by atoms with E-state index in [0.717, 1.165) is 28.7 Å². The number of nitrogens with zero attached hydrogens (tertiary/aromatic N) is 5. The molecule has 0 aliphatic rings. The molecular formula is C23H19N7O4S. The van der Waals surface area contributed by atoms with Gasteiger partial charge in [0.15, 0.2) is 5.65 Å². The van der Waals surface area contributed by atoms with Gasteiger partial charge in [-0.3, -0.25) is 14.6 Å². The summed E-state index contributed by atoms with van der Waals surface area (Å²) < 4.78 is 8.26. The molecule has 5 aromatic rings. The zero-order chi connectivity index (χ0) is 24.5. The number of amides is 1. The molecule has 2 aromatic carbocycles. The Morgan fingerprint density at radius 1 is 1.11 bits per heavy atom. The van der Waals surface area contributed by atoms with Gasteiger partial charge in [0.1, 0.15) is 17.1 Å². The molecule has 0 radical (unpaired) electrons. The van der Waals surface area contributed by atoms with Crippen LogP contribution >= 0.6 is 11.8 Å². The van der Waals surface area contributed by atoms with Gasteiger partial charge in [-0.2, -0.15) is 0 Å². The highest BCUT2D eigenvalue weighted by atomic mass is 32.2. The standard InChI is InChI=1S/C23H19N7O4S/c1-29-16-6-4-3-5-15(16)20-21(29)26-22(28-27-20)35-12-19(32)24-17-11-18(31)25-23(33)30(17)13-7-9-14(34-2)10-8-13/h3-11H,12H2,1-2H3,(H,24,32)(H,25,31,33). The number of rotatable bonds is 6. The molecule has 1 amide bonds. The zero-order valence-electron chi connectivity index (χ0n) is 18.7. The average Bonchev–Trinajstić information content (AvgIpc) is 3.14. The first-order chi connectivity index (χ1) is 16.9. The van der Waals surface area contributed by atoms with E-state index in [1.807, 2.05) is 35.9 Å². The van der Waals surface area contributed by atoms with Crippen LogP contribution in [0.2, 0.25) is 0 Å². The van der Waals surface area contributed by atoms with E-state index in [4.69, 9.17) is 4.74 Å². The van der Waals surface area contributed by atoms with Gasteiger partial charge < -0.3 is 14.6 Å². The number of carbonyl (C=O) groups is 1. The average molecular weight is 490 g/mol. The van der Waals surface area contributed by atoms with Crippen LogP contribution in [0.15, 0.2) is 69.3 Å². The number of H-pyrrole nitrogens is 1. The maximum atomic E-state index is 12.7. The third-order valence-corrected chi connectivity index (χ3v) is 6.20. The quantitative estimate of drug-likeness (QED) is 0.346. The van der Waals surface area contributed by atoms with Gasteiger partial charge in [0, 0.05) is 18.5 Å². The fraction of sp³-hybridized carbons (Fsp3) is 0.130. The second-order valence-corrected chi connectivity index (χ2v) is 8.48. The number of methoxy groups -OCH3 is 1. The first kappa shape index (κ1) is 22.3. The molecule has 0 aliphatic carbocycles. The van der Waals surface area contributed by atoms with E-state index in [1.54, 1.807) is 24.3 Å². The van der Waals surface area contributed by atoms with E-state index in [-0.39, 0.29) is 11.6 Å². The van der Waals surface area contributed by atoms with Crippen molar-refractivity contribution in [2.45, 2.75) is 5.16 Å². The molecular weight excluding hydrogens is 470 g/mol. The van der Waals surface area contributed by atoms with Crippen LogP contribution in [-0.2, 0) is 11.8 Å². The molecule has 0 saturated heterocycles. The Morgan fingerprint density at radius 2 is 1.89 bits per heavy atom. The van der Waals surface area contributed by atoms with Crippen molar-refractivity contribution in [3.63, 3.8) is 0 Å². The Hall–Kier alpha value is -4.45. The van der Waals surface area contributed by atoms with Crippen LogP contribution < -0.4 is 21.3 Å². The Bertz CT molecular complexity index is 1690. The summed E-state index contributed by atoms with van der Waals surface area (Å²) in [5.74, 6) is 0.145. The van der Waals surface area contributed by atoms with Gasteiger partial charge in [-0.15, -0.1) is 10.2 Å². The molecule has 0 fully saturated rings. The van der Waals surface area contributed by atoms with E-state index in [9.17, 15) is 14.4 Å². The predicted molar refractivity (Wildman–Crippen MR) is 132 cm³/mol. The Morgan fingerprint density at radius 3 is 2.66 bits per heavy atom. The summed E-state index contributed by atoms with van der Waals surface area (Å²) in [6.07, 6.45) is 0. The highest BCUT2D eigenvalue weighted by Crippen LogP contribution is 2.26. The minimum atomic E-state index is -0.681. The predicted octanol–water partition coefficient (Wildman–Crippen LogP) is 2.10. The van der Waals surface area contributed by atoms with Crippen LogP contribution in [0.3, 0.4) is 0 Å². The number of fused-ring (bicyclic) bond motifs is 3. The molecule has 5 rings (SSSR count). The molecule has 3 heterocycles. The van der Waals surface area contributed by atoms with E-state index in [1.165, 1.54) is 11.7 Å². The summed E-state index contributed by atoms with van der Waals surface area (Å²) in [6, 6.07) is 15.6. The Balaban J connectivity index is 1.37. The maximum absolute atomic E-state index is 12.7. The Labute approximate surface area is 201 Å². The second kappa shape index (κ2) is 9.06. The van der Waals surface area contributed by atoms with Crippen LogP contribution in [0.25, 0.3) is 27.8 Å². The van der Waals surface area contributed by atoms with Gasteiger partial charge in [0.05, 0.1) is 24.1 Å². The summed E-state index contributed by atoms with van der Waals surface area (Å²) in [7, 11) is 3.42. The SMILES string of the molecule is COc1ccc(-n2c(NC(=O)CSc3nnc4c5ccccc5n(C)c4n3)cc(=O)[nH]c2=O)cc1. The number of hydrogen-bond donors (Lipinski definition) is 2. The lowest BCUT2D eigenvalue weighted by Crippen LogP contribution is -2.32. The molecule has 35 heavy (non-hydrogen) atoms. The molecule has 11 nitrogen and oxygen atoms in total. The van der Waals surface area contributed by atoms with E-state index in [2.05, 4.69) is 25.5 Å². The van der Waals surface area contributed by atoms with Gasteiger partial charge in [-0.05, 0) is 30.3 Å². The van der Waals surface area contributed by atoms with Crippen molar-refractivity contribution >= 4 is 45.6 Å². The highest BCUT2D eigenvalue weighted by Gasteiger charge is 2.15. The monoisotopic (exact) mass is 489 g/mol. The van der Waals surface area contributed by atoms with Gasteiger partial charge in [0.2, 0.25) is 11.1 Å². The summed E-state index contributed by atoms with van der Waals surface area (Å²) in [5, 5.41) is 12.4. The number of benzene rings is 2. The summed E-state index contributed by atoms with van der Waals surface area (Å²) in [6.45, 7) is 0. The minimum absolute atomic E-state index is 0.0395. The number of anilines is 1. The molecule has 0 spiro atoms. The fourth-order valence-electron chi connectivity index (χ4n) is 3.74. The van der Waals surface area contributed by atoms with Crippen LogP contribution in [0.4, 0.5) is 5.82 Å². The molecule has 0 atom stereocenters. The van der Waals surface area contributed by atoms with Gasteiger partial charge in [-0.25, -0.2) is 14.3 Å². The van der Waals surface area contributed by atoms with Crippen LogP contribution in [-0.4, -0.2) is 48.1 Å². The lowest BCUT2D eigenvalue weighted by molar-refractivity contribution is -0.113. The molecule has 3 aromatic heterocycles. The molecule has 0 saturated carbocycles. The van der Waals surface area contributed by atoms with Crippen molar-refractivity contribution in [1.82, 2.24) is 29.3 Å². The number of aryl methyl sites for hydroxylation is 1. The number of aromatic nitrogens is 6. The molecule has 0 unspecified atom stereocenters. The third-order valence-electron chi connectivity index (χ3n) is 5.36. The van der Waals surface area contributed by atoms with Crippen molar-refractivity contribution in [2.75, 3.05) is 18.2 Å². The van der Waals surface area contributed by atoms with Crippen molar-refractivity contribution in [3.8, 4) is 11.4 Å². The van der Waals surface area contributed by atoms with Crippen molar-refractivity contribution in [1.29, 1.82) is 0 Å². The topological polar surface area (TPSA) is 137 Å². The first-order valence-corrected chi connectivity index (χ1v) is 11.4. The van der Waals surface area contributed by atoms with E-state index in [0.29, 0.717) is 27.8 Å². The molecule has 0 aliphatic heterocycles. The lowest BCUT2D eigenvalue weighted by atomic mass is 10.2. The molecule has 0 bridgehead atoms. The largest absolute Gasteiger partial charge is 0.497 e. The highest BCUT2D eigenvalue weighted by molar-refractivity contribution is 7.99. The van der Waals surface area contributed by atoms with Crippen molar-refractivity contribution in [3.05, 3.63) is 75.4 Å². The molecule has 176 valence electrons. The van der Waals surface area contributed by atoms with Crippen molar-refractivity contribution < 1.29 is 9.53 Å². The first-order valence-electron chi connectivity index (χ1n) is 10.5.